The first-order valence-corrected chi connectivity index (χ1v) is 4.87. The number of nitrogens with one attached hydrogen (secondary N) is 1. The van der Waals surface area contributed by atoms with Gasteiger partial charge in [-0.25, -0.2) is 4.39 Å². The summed E-state index contributed by atoms with van der Waals surface area (Å²) in [6.45, 7) is 3.35. The van der Waals surface area contributed by atoms with E-state index < -0.39 is 17.6 Å². The zero-order valence-corrected chi connectivity index (χ0v) is 9.35. The lowest BCUT2D eigenvalue weighted by molar-refractivity contribution is 0.130. The quantitative estimate of drug-likeness (QED) is 0.699. The predicted octanol–water partition coefficient (Wildman–Crippen LogP) is 1.95. The van der Waals surface area contributed by atoms with E-state index in [0.29, 0.717) is 5.69 Å². The number of rotatable bonds is 3. The van der Waals surface area contributed by atoms with Gasteiger partial charge in [-0.1, -0.05) is 11.6 Å². The fourth-order valence-electron chi connectivity index (χ4n) is 0.930. The Kier molecular flexibility index (Phi) is 3.54. The zero-order valence-electron chi connectivity index (χ0n) is 8.59. The van der Waals surface area contributed by atoms with Crippen LogP contribution in [0, 0.1) is 5.82 Å². The van der Waals surface area contributed by atoms with Gasteiger partial charge in [0.2, 0.25) is 0 Å². The van der Waals surface area contributed by atoms with Gasteiger partial charge in [-0.2, -0.15) is 0 Å². The minimum absolute atomic E-state index is 0.00188. The molecule has 0 amide bonds. The number of halogens is 2. The lowest BCUT2D eigenvalue weighted by atomic mass is 10.1. The molecule has 0 aromatic heterocycles. The number of anilines is 1. The van der Waals surface area contributed by atoms with E-state index in [2.05, 4.69) is 5.32 Å². The zero-order chi connectivity index (χ0) is 11.6. The molecule has 0 saturated heterocycles. The fraction of sp³-hybridized carbons (Fsp3) is 0.400. The van der Waals surface area contributed by atoms with Crippen LogP contribution in [0.25, 0.3) is 0 Å². The molecule has 4 N–H and O–H groups in total. The van der Waals surface area contributed by atoms with Crippen molar-refractivity contribution in [3.05, 3.63) is 29.0 Å². The van der Waals surface area contributed by atoms with Gasteiger partial charge in [0.05, 0.1) is 10.6 Å². The Morgan fingerprint density at radius 3 is 2.60 bits per heavy atom. The highest BCUT2D eigenvalue weighted by Crippen LogP contribution is 2.20. The van der Waals surface area contributed by atoms with Crippen LogP contribution in [0.1, 0.15) is 13.8 Å². The molecular weight excluding hydrogens is 219 g/mol. The third kappa shape index (κ3) is 3.34. The molecular formula is C10H14ClFN2O. The SMILES string of the molecule is CC(C)(N)C(O)Nc1ccc(F)c(Cl)c1. The van der Waals surface area contributed by atoms with Crippen LogP contribution in [-0.2, 0) is 0 Å². The molecule has 0 aliphatic carbocycles. The van der Waals surface area contributed by atoms with Gasteiger partial charge in [-0.05, 0) is 32.0 Å². The second-order valence-corrected chi connectivity index (χ2v) is 4.40. The first kappa shape index (κ1) is 12.2. The summed E-state index contributed by atoms with van der Waals surface area (Å²) in [5.41, 5.74) is 5.41. The van der Waals surface area contributed by atoms with Crippen LogP contribution in [0.4, 0.5) is 10.1 Å². The Balaban J connectivity index is 2.78. The van der Waals surface area contributed by atoms with Crippen LogP contribution >= 0.6 is 11.6 Å². The van der Waals surface area contributed by atoms with E-state index in [0.717, 1.165) is 0 Å². The van der Waals surface area contributed by atoms with E-state index in [1.54, 1.807) is 13.8 Å². The highest BCUT2D eigenvalue weighted by atomic mass is 35.5. The van der Waals surface area contributed by atoms with Crippen molar-refractivity contribution in [1.82, 2.24) is 0 Å². The number of aliphatic hydroxyl groups excluding tert-OH is 1. The largest absolute Gasteiger partial charge is 0.372 e. The summed E-state index contributed by atoms with van der Waals surface area (Å²) in [5, 5.41) is 12.4. The topological polar surface area (TPSA) is 58.3 Å². The summed E-state index contributed by atoms with van der Waals surface area (Å²) < 4.78 is 12.8. The Morgan fingerprint density at radius 2 is 2.13 bits per heavy atom. The molecule has 84 valence electrons. The van der Waals surface area contributed by atoms with Crippen molar-refractivity contribution in [2.24, 2.45) is 5.73 Å². The van der Waals surface area contributed by atoms with Gasteiger partial charge in [0.25, 0.3) is 0 Å². The molecule has 1 atom stereocenters. The summed E-state index contributed by atoms with van der Waals surface area (Å²) in [7, 11) is 0. The molecule has 0 heterocycles. The van der Waals surface area contributed by atoms with Crippen molar-refractivity contribution < 1.29 is 9.50 Å². The first-order chi connectivity index (χ1) is 6.80. The first-order valence-electron chi connectivity index (χ1n) is 4.49. The standard InChI is InChI=1S/C10H14ClFN2O/c1-10(2,13)9(15)14-6-3-4-8(12)7(11)5-6/h3-5,9,14-15H,13H2,1-2H3. The third-order valence-corrected chi connectivity index (χ3v) is 2.22. The fourth-order valence-corrected chi connectivity index (χ4v) is 1.11. The van der Waals surface area contributed by atoms with E-state index >= 15 is 0 Å². The molecule has 0 bridgehead atoms. The minimum Gasteiger partial charge on any atom is -0.372 e. The molecule has 0 aliphatic rings. The smallest absolute Gasteiger partial charge is 0.142 e. The Labute approximate surface area is 93.0 Å². The van der Waals surface area contributed by atoms with Crippen LogP contribution in [0.2, 0.25) is 5.02 Å². The third-order valence-electron chi connectivity index (χ3n) is 1.93. The number of nitrogens with two attached hydrogens (primary N) is 1. The molecule has 0 spiro atoms. The molecule has 1 unspecified atom stereocenters. The van der Waals surface area contributed by atoms with Crippen LogP contribution in [0.5, 0.6) is 0 Å². The monoisotopic (exact) mass is 232 g/mol. The molecule has 1 aromatic rings. The van der Waals surface area contributed by atoms with Crippen molar-refractivity contribution in [3.63, 3.8) is 0 Å². The maximum absolute atomic E-state index is 12.8. The van der Waals surface area contributed by atoms with Crippen molar-refractivity contribution in [3.8, 4) is 0 Å². The maximum Gasteiger partial charge on any atom is 0.142 e. The van der Waals surface area contributed by atoms with E-state index in [9.17, 15) is 9.50 Å². The average Bonchev–Trinajstić information content (AvgIpc) is 2.10. The number of hydrogen-bond acceptors (Lipinski definition) is 3. The van der Waals surface area contributed by atoms with Crippen molar-refractivity contribution in [2.45, 2.75) is 25.6 Å². The van der Waals surface area contributed by atoms with Crippen LogP contribution < -0.4 is 11.1 Å². The highest BCUT2D eigenvalue weighted by Gasteiger charge is 2.22. The van der Waals surface area contributed by atoms with Gasteiger partial charge < -0.3 is 16.2 Å². The van der Waals surface area contributed by atoms with Gasteiger partial charge in [0.1, 0.15) is 12.0 Å². The minimum atomic E-state index is -0.931. The summed E-state index contributed by atoms with van der Waals surface area (Å²) in [4.78, 5) is 0. The lowest BCUT2D eigenvalue weighted by Crippen LogP contribution is -2.49. The van der Waals surface area contributed by atoms with E-state index in [1.165, 1.54) is 18.2 Å². The Hall–Kier alpha value is -0.840. The molecule has 0 fully saturated rings. The van der Waals surface area contributed by atoms with Crippen LogP contribution in [0.15, 0.2) is 18.2 Å². The summed E-state index contributed by atoms with van der Waals surface area (Å²) in [6, 6.07) is 4.10. The number of hydrogen-bond donors (Lipinski definition) is 3. The van der Waals surface area contributed by atoms with E-state index in [-0.39, 0.29) is 5.02 Å². The Morgan fingerprint density at radius 1 is 1.53 bits per heavy atom. The molecule has 5 heteroatoms. The number of aliphatic hydroxyl groups is 1. The molecule has 15 heavy (non-hydrogen) atoms. The van der Waals surface area contributed by atoms with Crippen molar-refractivity contribution in [2.75, 3.05) is 5.32 Å². The van der Waals surface area contributed by atoms with Gasteiger partial charge in [0, 0.05) is 5.69 Å². The van der Waals surface area contributed by atoms with Crippen molar-refractivity contribution in [1.29, 1.82) is 0 Å². The van der Waals surface area contributed by atoms with Gasteiger partial charge in [-0.3, -0.25) is 0 Å². The second kappa shape index (κ2) is 4.35. The number of benzene rings is 1. The second-order valence-electron chi connectivity index (χ2n) is 4.00. The van der Waals surface area contributed by atoms with Crippen molar-refractivity contribution >= 4 is 17.3 Å². The van der Waals surface area contributed by atoms with Gasteiger partial charge in [0.15, 0.2) is 0 Å². The summed E-state index contributed by atoms with van der Waals surface area (Å²) in [6.07, 6.45) is -0.931. The molecule has 0 saturated carbocycles. The van der Waals surface area contributed by atoms with Crippen LogP contribution in [-0.4, -0.2) is 16.9 Å². The molecule has 1 rings (SSSR count). The molecule has 0 aliphatic heterocycles. The molecule has 1 aromatic carbocycles. The van der Waals surface area contributed by atoms with Gasteiger partial charge in [-0.15, -0.1) is 0 Å². The van der Waals surface area contributed by atoms with Crippen LogP contribution in [0.3, 0.4) is 0 Å². The van der Waals surface area contributed by atoms with E-state index in [1.807, 2.05) is 0 Å². The average molecular weight is 233 g/mol. The Bertz CT molecular complexity index is 352. The maximum atomic E-state index is 12.8. The molecule has 3 nitrogen and oxygen atoms in total. The summed E-state index contributed by atoms with van der Waals surface area (Å²) >= 11 is 5.58. The summed E-state index contributed by atoms with van der Waals surface area (Å²) in [5.74, 6) is -0.497. The van der Waals surface area contributed by atoms with E-state index in [4.69, 9.17) is 17.3 Å². The molecule has 0 radical (unpaired) electrons. The highest BCUT2D eigenvalue weighted by molar-refractivity contribution is 6.31. The lowest BCUT2D eigenvalue weighted by Gasteiger charge is -2.27. The predicted molar refractivity (Wildman–Crippen MR) is 59.3 cm³/mol. The normalized spacial score (nSPS) is 13.7. The van der Waals surface area contributed by atoms with Gasteiger partial charge >= 0.3 is 0 Å².